The lowest BCUT2D eigenvalue weighted by Gasteiger charge is -2.25. The molecule has 0 radical (unpaired) electrons. The molecule has 1 aromatic heterocycles. The number of amides is 2. The molecule has 4 rings (SSSR count). The number of nitrogens with one attached hydrogen (secondary N) is 4. The van der Waals surface area contributed by atoms with Crippen molar-refractivity contribution in [1.82, 2.24) is 20.9 Å². The summed E-state index contributed by atoms with van der Waals surface area (Å²) in [5.41, 5.74) is 4.42. The molecule has 2 amide bonds. The second kappa shape index (κ2) is 13.9. The highest BCUT2D eigenvalue weighted by Crippen LogP contribution is 2.30. The van der Waals surface area contributed by atoms with Crippen LogP contribution in [0.2, 0.25) is 0 Å². The van der Waals surface area contributed by atoms with E-state index in [-0.39, 0.29) is 23.6 Å². The van der Waals surface area contributed by atoms with E-state index < -0.39 is 6.04 Å². The second-order valence-electron chi connectivity index (χ2n) is 10.3. The molecule has 7 heteroatoms. The van der Waals surface area contributed by atoms with Crippen LogP contribution in [0.15, 0.2) is 54.6 Å². The van der Waals surface area contributed by atoms with Gasteiger partial charge in [0.2, 0.25) is 11.8 Å². The van der Waals surface area contributed by atoms with Crippen LogP contribution in [-0.4, -0.2) is 47.8 Å². The third-order valence-corrected chi connectivity index (χ3v) is 7.33. The fraction of sp³-hybridized carbons (Fsp3) is 0.452. The summed E-state index contributed by atoms with van der Waals surface area (Å²) >= 11 is 0. The fourth-order valence-corrected chi connectivity index (χ4v) is 5.26. The first-order valence-electron chi connectivity index (χ1n) is 14.0. The van der Waals surface area contributed by atoms with Crippen LogP contribution in [0.3, 0.4) is 0 Å². The van der Waals surface area contributed by atoms with Crippen molar-refractivity contribution in [3.05, 3.63) is 60.2 Å². The maximum absolute atomic E-state index is 13.3. The van der Waals surface area contributed by atoms with Gasteiger partial charge in [0.15, 0.2) is 0 Å². The smallest absolute Gasteiger partial charge is 0.242 e. The Labute approximate surface area is 225 Å². The highest BCUT2D eigenvalue weighted by atomic mass is 16.2. The summed E-state index contributed by atoms with van der Waals surface area (Å²) in [5, 5.41) is 10.5. The quantitative estimate of drug-likeness (QED) is 0.248. The minimum Gasteiger partial charge on any atom is -0.354 e. The molecule has 0 saturated carbocycles. The maximum Gasteiger partial charge on any atom is 0.242 e. The molecule has 4 N–H and O–H groups in total. The zero-order chi connectivity index (χ0) is 26.7. The van der Waals surface area contributed by atoms with Crippen molar-refractivity contribution >= 4 is 28.5 Å². The maximum atomic E-state index is 13.3. The summed E-state index contributed by atoms with van der Waals surface area (Å²) in [6.45, 7) is 2.90. The molecule has 38 heavy (non-hydrogen) atoms. The Morgan fingerprint density at radius 3 is 2.53 bits per heavy atom. The Bertz CT molecular complexity index is 1210. The first-order chi connectivity index (χ1) is 18.5. The van der Waals surface area contributed by atoms with Crippen LogP contribution < -0.4 is 16.0 Å². The molecule has 0 spiro atoms. The zero-order valence-electron chi connectivity index (χ0n) is 22.4. The molecule has 1 aliphatic heterocycles. The summed E-state index contributed by atoms with van der Waals surface area (Å²) in [6, 6.07) is 17.6. The first-order valence-corrected chi connectivity index (χ1v) is 14.0. The molecule has 202 valence electrons. The van der Waals surface area contributed by atoms with Gasteiger partial charge in [-0.3, -0.25) is 9.59 Å². The third kappa shape index (κ3) is 7.54. The van der Waals surface area contributed by atoms with Gasteiger partial charge in [0.1, 0.15) is 11.8 Å². The normalized spacial score (nSPS) is 16.2. The summed E-state index contributed by atoms with van der Waals surface area (Å²) in [7, 11) is 0. The van der Waals surface area contributed by atoms with Crippen molar-refractivity contribution in [2.24, 2.45) is 0 Å². The number of hydrogen-bond acceptors (Lipinski definition) is 4. The molecule has 1 fully saturated rings. The third-order valence-electron chi connectivity index (χ3n) is 7.33. The summed E-state index contributed by atoms with van der Waals surface area (Å²) in [4.78, 5) is 41.0. The summed E-state index contributed by atoms with van der Waals surface area (Å²) in [6.07, 6.45) is 7.12. The molecule has 0 aliphatic carbocycles. The van der Waals surface area contributed by atoms with Gasteiger partial charge in [0, 0.05) is 29.6 Å². The van der Waals surface area contributed by atoms with Crippen molar-refractivity contribution in [1.29, 1.82) is 0 Å². The average molecular weight is 517 g/mol. The van der Waals surface area contributed by atoms with E-state index in [1.807, 2.05) is 30.3 Å². The molecule has 1 saturated heterocycles. The standard InChI is InChI=1S/C31H40N4O3/c1-22(36)12-4-2-7-18-28(35-31(38)27-17-10-11-20-32-27)30(37)33-21-19-25-24-15-8-9-16-26(24)34-29(25)23-13-5-3-6-14-23/h3,5-6,8-9,13-16,27-28,32,34H,2,4,7,10-12,17-21H2,1H3,(H,33,37)(H,35,38)/t27?,28-/m0/s1. The topological polar surface area (TPSA) is 103 Å². The van der Waals surface area contributed by atoms with Crippen LogP contribution in [-0.2, 0) is 20.8 Å². The number of rotatable bonds is 13. The number of Topliss-reactive ketones (excluding diaryl/α,β-unsaturated/α-hetero) is 1. The number of benzene rings is 2. The van der Waals surface area contributed by atoms with Crippen molar-refractivity contribution < 1.29 is 14.4 Å². The van der Waals surface area contributed by atoms with E-state index in [9.17, 15) is 14.4 Å². The van der Waals surface area contributed by atoms with Gasteiger partial charge >= 0.3 is 0 Å². The molecular formula is C31H40N4O3. The average Bonchev–Trinajstić information content (AvgIpc) is 3.31. The van der Waals surface area contributed by atoms with E-state index >= 15 is 0 Å². The molecule has 1 unspecified atom stereocenters. The van der Waals surface area contributed by atoms with Crippen LogP contribution in [0.5, 0.6) is 0 Å². The SMILES string of the molecule is CC(=O)CCCCC[C@H](NC(=O)C1CCCCN1)C(=O)NCCc1c(-c2ccccc2)[nH]c2ccccc12. The Morgan fingerprint density at radius 1 is 0.974 bits per heavy atom. The van der Waals surface area contributed by atoms with Gasteiger partial charge in [-0.1, -0.05) is 67.8 Å². The van der Waals surface area contributed by atoms with Gasteiger partial charge in [-0.25, -0.2) is 0 Å². The predicted octanol–water partition coefficient (Wildman–Crippen LogP) is 4.66. The van der Waals surface area contributed by atoms with Crippen molar-refractivity contribution in [3.63, 3.8) is 0 Å². The van der Waals surface area contributed by atoms with E-state index in [0.29, 0.717) is 25.8 Å². The number of H-pyrrole nitrogens is 1. The molecule has 2 atom stereocenters. The van der Waals surface area contributed by atoms with Crippen molar-refractivity contribution in [2.75, 3.05) is 13.1 Å². The monoisotopic (exact) mass is 516 g/mol. The predicted molar refractivity (Wildman–Crippen MR) is 152 cm³/mol. The fourth-order valence-electron chi connectivity index (χ4n) is 5.26. The van der Waals surface area contributed by atoms with Crippen LogP contribution >= 0.6 is 0 Å². The lowest BCUT2D eigenvalue weighted by atomic mass is 10.0. The highest BCUT2D eigenvalue weighted by Gasteiger charge is 2.26. The largest absolute Gasteiger partial charge is 0.354 e. The molecular weight excluding hydrogens is 476 g/mol. The highest BCUT2D eigenvalue weighted by molar-refractivity contribution is 5.91. The number of aromatic amines is 1. The van der Waals surface area contributed by atoms with Crippen LogP contribution in [0, 0.1) is 0 Å². The van der Waals surface area contributed by atoms with E-state index in [2.05, 4.69) is 45.2 Å². The van der Waals surface area contributed by atoms with Gasteiger partial charge in [-0.05, 0) is 62.8 Å². The lowest BCUT2D eigenvalue weighted by Crippen LogP contribution is -2.53. The van der Waals surface area contributed by atoms with E-state index in [1.165, 1.54) is 5.56 Å². The minimum absolute atomic E-state index is 0.100. The summed E-state index contributed by atoms with van der Waals surface area (Å²) in [5.74, 6) is -0.0680. The molecule has 1 aliphatic rings. The summed E-state index contributed by atoms with van der Waals surface area (Å²) < 4.78 is 0. The molecule has 0 bridgehead atoms. The van der Waals surface area contributed by atoms with E-state index in [0.717, 1.165) is 67.2 Å². The van der Waals surface area contributed by atoms with E-state index in [1.54, 1.807) is 6.92 Å². The van der Waals surface area contributed by atoms with E-state index in [4.69, 9.17) is 0 Å². The van der Waals surface area contributed by atoms with Crippen molar-refractivity contribution in [2.45, 2.75) is 76.8 Å². The van der Waals surface area contributed by atoms with Gasteiger partial charge < -0.3 is 25.7 Å². The number of carbonyl (C=O) groups is 3. The number of hydrogen-bond donors (Lipinski definition) is 4. The Balaban J connectivity index is 1.40. The Morgan fingerprint density at radius 2 is 1.76 bits per heavy atom. The van der Waals surface area contributed by atoms with Gasteiger partial charge in [0.05, 0.1) is 6.04 Å². The number of fused-ring (bicyclic) bond motifs is 1. The molecule has 7 nitrogen and oxygen atoms in total. The Hall–Kier alpha value is -3.45. The Kier molecular flexibility index (Phi) is 10.1. The lowest BCUT2D eigenvalue weighted by molar-refractivity contribution is -0.130. The zero-order valence-corrected chi connectivity index (χ0v) is 22.4. The van der Waals surface area contributed by atoms with Gasteiger partial charge in [0.25, 0.3) is 0 Å². The number of carbonyl (C=O) groups excluding carboxylic acids is 3. The molecule has 2 heterocycles. The number of ketones is 1. The molecule has 2 aromatic carbocycles. The van der Waals surface area contributed by atoms with Crippen molar-refractivity contribution in [3.8, 4) is 11.3 Å². The van der Waals surface area contributed by atoms with Crippen LogP contribution in [0.4, 0.5) is 0 Å². The van der Waals surface area contributed by atoms with Crippen LogP contribution in [0.1, 0.15) is 63.9 Å². The van der Waals surface area contributed by atoms with Crippen LogP contribution in [0.25, 0.3) is 22.2 Å². The number of unbranched alkanes of at least 4 members (excludes halogenated alkanes) is 2. The van der Waals surface area contributed by atoms with Gasteiger partial charge in [-0.2, -0.15) is 0 Å². The number of para-hydroxylation sites is 1. The molecule has 3 aromatic rings. The second-order valence-corrected chi connectivity index (χ2v) is 10.3. The number of piperidine rings is 1. The first kappa shape index (κ1) is 27.6. The van der Waals surface area contributed by atoms with Gasteiger partial charge in [-0.15, -0.1) is 0 Å². The number of aromatic nitrogens is 1. The minimum atomic E-state index is -0.583.